The lowest BCUT2D eigenvalue weighted by Gasteiger charge is -2.01. The van der Waals surface area contributed by atoms with E-state index >= 15 is 0 Å². The van der Waals surface area contributed by atoms with Crippen molar-refractivity contribution < 1.29 is 14.3 Å². The summed E-state index contributed by atoms with van der Waals surface area (Å²) >= 11 is 5.91. The van der Waals surface area contributed by atoms with E-state index in [0.717, 1.165) is 5.56 Å². The molecule has 4 nitrogen and oxygen atoms in total. The van der Waals surface area contributed by atoms with Crippen LogP contribution in [0.15, 0.2) is 18.3 Å². The first-order chi connectivity index (χ1) is 8.17. The summed E-state index contributed by atoms with van der Waals surface area (Å²) in [6.07, 6.45) is 5.32. The van der Waals surface area contributed by atoms with Gasteiger partial charge in [-0.3, -0.25) is 4.79 Å². The molecule has 0 saturated carbocycles. The summed E-state index contributed by atoms with van der Waals surface area (Å²) in [5.41, 5.74) is 0.806. The molecule has 0 aliphatic heterocycles. The second-order valence-electron chi connectivity index (χ2n) is 3.17. The molecular formula is C12H14ClNO3. The highest BCUT2D eigenvalue weighted by atomic mass is 35.5. The Hall–Kier alpha value is -1.55. The van der Waals surface area contributed by atoms with Crippen LogP contribution >= 0.6 is 11.6 Å². The maximum Gasteiger partial charge on any atom is 0.309 e. The topological polar surface area (TPSA) is 48.4 Å². The molecule has 0 aliphatic rings. The number of methoxy groups -OCH3 is 1. The fraction of sp³-hybridized carbons (Fsp3) is 0.333. The summed E-state index contributed by atoms with van der Waals surface area (Å²) in [6, 6.07) is 1.72. The monoisotopic (exact) mass is 255 g/mol. The summed E-state index contributed by atoms with van der Waals surface area (Å²) in [5, 5.41) is 0.436. The van der Waals surface area contributed by atoms with Gasteiger partial charge >= 0.3 is 5.97 Å². The number of halogens is 1. The van der Waals surface area contributed by atoms with Gasteiger partial charge in [0.05, 0.1) is 20.1 Å². The SMILES string of the molecule is CCOC(=O)CC=Cc1cnc(OC)c(Cl)c1. The Balaban J connectivity index is 2.60. The Morgan fingerprint density at radius 1 is 1.59 bits per heavy atom. The van der Waals surface area contributed by atoms with E-state index < -0.39 is 0 Å². The number of hydrogen-bond acceptors (Lipinski definition) is 4. The third kappa shape index (κ3) is 4.44. The van der Waals surface area contributed by atoms with E-state index in [4.69, 9.17) is 21.1 Å². The van der Waals surface area contributed by atoms with Crippen LogP contribution in [-0.4, -0.2) is 24.7 Å². The Morgan fingerprint density at radius 2 is 2.35 bits per heavy atom. The molecule has 1 heterocycles. The van der Waals surface area contributed by atoms with E-state index in [0.29, 0.717) is 17.5 Å². The van der Waals surface area contributed by atoms with Crippen molar-refractivity contribution in [1.29, 1.82) is 0 Å². The van der Waals surface area contributed by atoms with Gasteiger partial charge < -0.3 is 9.47 Å². The van der Waals surface area contributed by atoms with Gasteiger partial charge in [0.1, 0.15) is 5.02 Å². The summed E-state index contributed by atoms with van der Waals surface area (Å²) in [4.78, 5) is 15.1. The van der Waals surface area contributed by atoms with Gasteiger partial charge in [-0.15, -0.1) is 0 Å². The predicted molar refractivity (Wildman–Crippen MR) is 66.1 cm³/mol. The van der Waals surface area contributed by atoms with Gasteiger partial charge in [-0.25, -0.2) is 4.98 Å². The molecule has 0 unspecified atom stereocenters. The molecule has 1 rings (SSSR count). The number of esters is 1. The van der Waals surface area contributed by atoms with Crippen LogP contribution in [0.4, 0.5) is 0 Å². The number of ether oxygens (including phenoxy) is 2. The highest BCUT2D eigenvalue weighted by Gasteiger charge is 2.01. The maximum absolute atomic E-state index is 11.1. The highest BCUT2D eigenvalue weighted by Crippen LogP contribution is 2.22. The molecule has 1 aromatic rings. The average molecular weight is 256 g/mol. The van der Waals surface area contributed by atoms with Gasteiger partial charge in [-0.2, -0.15) is 0 Å². The molecule has 0 aromatic carbocycles. The van der Waals surface area contributed by atoms with Crippen molar-refractivity contribution in [2.75, 3.05) is 13.7 Å². The van der Waals surface area contributed by atoms with Crippen LogP contribution in [-0.2, 0) is 9.53 Å². The van der Waals surface area contributed by atoms with E-state index in [1.807, 2.05) is 0 Å². The number of carbonyl (C=O) groups is 1. The van der Waals surface area contributed by atoms with Crippen molar-refractivity contribution in [3.05, 3.63) is 28.9 Å². The third-order valence-electron chi connectivity index (χ3n) is 1.92. The zero-order chi connectivity index (χ0) is 12.7. The highest BCUT2D eigenvalue weighted by molar-refractivity contribution is 6.31. The average Bonchev–Trinajstić information content (AvgIpc) is 2.29. The standard InChI is InChI=1S/C12H14ClNO3/c1-3-17-11(15)6-4-5-9-7-10(13)12(16-2)14-8-9/h4-5,7-8H,3,6H2,1-2H3. The van der Waals surface area contributed by atoms with Gasteiger partial charge in [0.2, 0.25) is 5.88 Å². The van der Waals surface area contributed by atoms with Gasteiger partial charge in [0.15, 0.2) is 0 Å². The number of rotatable bonds is 5. The van der Waals surface area contributed by atoms with Crippen molar-refractivity contribution in [3.63, 3.8) is 0 Å². The third-order valence-corrected chi connectivity index (χ3v) is 2.19. The summed E-state index contributed by atoms with van der Waals surface area (Å²) in [5.74, 6) is 0.130. The molecule has 17 heavy (non-hydrogen) atoms. The maximum atomic E-state index is 11.1. The summed E-state index contributed by atoms with van der Waals surface area (Å²) in [7, 11) is 1.50. The van der Waals surface area contributed by atoms with E-state index in [-0.39, 0.29) is 12.4 Å². The fourth-order valence-electron chi connectivity index (χ4n) is 1.19. The van der Waals surface area contributed by atoms with Crippen LogP contribution in [0.3, 0.4) is 0 Å². The Bertz CT molecular complexity index is 418. The largest absolute Gasteiger partial charge is 0.480 e. The van der Waals surface area contributed by atoms with E-state index in [9.17, 15) is 4.79 Å². The molecule has 0 atom stereocenters. The minimum atomic E-state index is -0.253. The predicted octanol–water partition coefficient (Wildman–Crippen LogP) is 2.71. The van der Waals surface area contributed by atoms with Gasteiger partial charge in [0.25, 0.3) is 0 Å². The van der Waals surface area contributed by atoms with Crippen LogP contribution in [0.5, 0.6) is 5.88 Å². The van der Waals surface area contributed by atoms with Gasteiger partial charge in [-0.05, 0) is 18.6 Å². The van der Waals surface area contributed by atoms with Crippen molar-refractivity contribution in [2.24, 2.45) is 0 Å². The lowest BCUT2D eigenvalue weighted by Crippen LogP contribution is -2.01. The van der Waals surface area contributed by atoms with Crippen molar-refractivity contribution >= 4 is 23.6 Å². The van der Waals surface area contributed by atoms with Gasteiger partial charge in [-0.1, -0.05) is 23.8 Å². The summed E-state index contributed by atoms with van der Waals surface area (Å²) in [6.45, 7) is 2.16. The number of nitrogens with zero attached hydrogens (tertiary/aromatic N) is 1. The van der Waals surface area contributed by atoms with E-state index in [2.05, 4.69) is 4.98 Å². The van der Waals surface area contributed by atoms with Crippen LogP contribution in [0.2, 0.25) is 5.02 Å². The minimum Gasteiger partial charge on any atom is -0.480 e. The molecule has 1 aromatic heterocycles. The number of carbonyl (C=O) groups excluding carboxylic acids is 1. The first-order valence-corrected chi connectivity index (χ1v) is 5.56. The number of aromatic nitrogens is 1. The molecule has 0 amide bonds. The Labute approximate surface area is 105 Å². The lowest BCUT2D eigenvalue weighted by atomic mass is 10.2. The second-order valence-corrected chi connectivity index (χ2v) is 3.58. The molecule has 0 bridgehead atoms. The molecule has 0 aliphatic carbocycles. The summed E-state index contributed by atoms with van der Waals surface area (Å²) < 4.78 is 9.72. The quantitative estimate of drug-likeness (QED) is 0.759. The van der Waals surface area contributed by atoms with E-state index in [1.165, 1.54) is 7.11 Å². The second kappa shape index (κ2) is 6.91. The minimum absolute atomic E-state index is 0.234. The van der Waals surface area contributed by atoms with Gasteiger partial charge in [0, 0.05) is 6.20 Å². The Morgan fingerprint density at radius 3 is 2.94 bits per heavy atom. The zero-order valence-electron chi connectivity index (χ0n) is 9.77. The first-order valence-electron chi connectivity index (χ1n) is 5.19. The van der Waals surface area contributed by atoms with Crippen LogP contribution in [0, 0.1) is 0 Å². The van der Waals surface area contributed by atoms with Crippen molar-refractivity contribution in [1.82, 2.24) is 4.98 Å². The lowest BCUT2D eigenvalue weighted by molar-refractivity contribution is -0.142. The van der Waals surface area contributed by atoms with Crippen molar-refractivity contribution in [2.45, 2.75) is 13.3 Å². The molecular weight excluding hydrogens is 242 g/mol. The smallest absolute Gasteiger partial charge is 0.309 e. The molecule has 0 radical (unpaired) electrons. The fourth-order valence-corrected chi connectivity index (χ4v) is 1.44. The first kappa shape index (κ1) is 13.5. The van der Waals surface area contributed by atoms with Crippen LogP contribution < -0.4 is 4.74 Å². The molecule has 92 valence electrons. The normalized spacial score (nSPS) is 10.5. The molecule has 0 spiro atoms. The zero-order valence-corrected chi connectivity index (χ0v) is 10.5. The molecule has 0 fully saturated rings. The number of hydrogen-bond donors (Lipinski definition) is 0. The van der Waals surface area contributed by atoms with Crippen LogP contribution in [0.25, 0.3) is 6.08 Å². The molecule has 5 heteroatoms. The van der Waals surface area contributed by atoms with E-state index in [1.54, 1.807) is 31.3 Å². The molecule has 0 saturated heterocycles. The Kier molecular flexibility index (Phi) is 5.49. The molecule has 0 N–H and O–H groups in total. The van der Waals surface area contributed by atoms with Crippen LogP contribution in [0.1, 0.15) is 18.9 Å². The van der Waals surface area contributed by atoms with Crippen molar-refractivity contribution in [3.8, 4) is 5.88 Å². The number of pyridine rings is 1.